The fourth-order valence-corrected chi connectivity index (χ4v) is 4.32. The van der Waals surface area contributed by atoms with Gasteiger partial charge in [0.05, 0.1) is 12.0 Å². The number of carbonyl (C=O) groups is 1. The number of fused-ring (bicyclic) bond motifs is 1. The Morgan fingerprint density at radius 1 is 1.25 bits per heavy atom. The SMILES string of the molecule is O=C(NCc1ccccc1OCC1CC1)[C@@]12CCCC[C@H]1CNC2. The van der Waals surface area contributed by atoms with Crippen LogP contribution in [0.5, 0.6) is 5.75 Å². The molecule has 0 aromatic heterocycles. The van der Waals surface area contributed by atoms with Crippen LogP contribution in [0, 0.1) is 17.3 Å². The van der Waals surface area contributed by atoms with Crippen LogP contribution in [0.15, 0.2) is 24.3 Å². The van der Waals surface area contributed by atoms with Crippen LogP contribution in [0.1, 0.15) is 44.1 Å². The molecule has 1 saturated heterocycles. The fourth-order valence-electron chi connectivity index (χ4n) is 4.32. The molecule has 0 radical (unpaired) electrons. The monoisotopic (exact) mass is 328 g/mol. The van der Waals surface area contributed by atoms with Crippen molar-refractivity contribution in [3.63, 3.8) is 0 Å². The van der Waals surface area contributed by atoms with Gasteiger partial charge in [-0.15, -0.1) is 0 Å². The Morgan fingerprint density at radius 3 is 3.00 bits per heavy atom. The number of rotatable bonds is 6. The van der Waals surface area contributed by atoms with Gasteiger partial charge in [0.25, 0.3) is 0 Å². The topological polar surface area (TPSA) is 50.4 Å². The molecule has 1 aromatic carbocycles. The Kier molecular flexibility index (Phi) is 4.49. The molecular weight excluding hydrogens is 300 g/mol. The number of hydrogen-bond donors (Lipinski definition) is 2. The van der Waals surface area contributed by atoms with Crippen molar-refractivity contribution in [2.75, 3.05) is 19.7 Å². The average Bonchev–Trinajstić information content (AvgIpc) is 3.34. The summed E-state index contributed by atoms with van der Waals surface area (Å²) in [6.45, 7) is 3.20. The average molecular weight is 328 g/mol. The van der Waals surface area contributed by atoms with Gasteiger partial charge in [-0.1, -0.05) is 31.0 Å². The van der Waals surface area contributed by atoms with E-state index in [2.05, 4.69) is 16.7 Å². The first kappa shape index (κ1) is 15.9. The lowest BCUT2D eigenvalue weighted by Crippen LogP contribution is -2.47. The third-order valence-electron chi connectivity index (χ3n) is 6.07. The third kappa shape index (κ3) is 3.16. The predicted octanol–water partition coefficient (Wildman–Crippen LogP) is 2.87. The van der Waals surface area contributed by atoms with Gasteiger partial charge in [-0.25, -0.2) is 0 Å². The molecule has 1 aromatic rings. The van der Waals surface area contributed by atoms with Crippen molar-refractivity contribution in [3.8, 4) is 5.75 Å². The van der Waals surface area contributed by atoms with Crippen molar-refractivity contribution in [2.45, 2.75) is 45.1 Å². The molecule has 0 unspecified atom stereocenters. The number of benzene rings is 1. The minimum Gasteiger partial charge on any atom is -0.493 e. The zero-order valence-corrected chi connectivity index (χ0v) is 14.4. The highest BCUT2D eigenvalue weighted by Gasteiger charge is 2.49. The summed E-state index contributed by atoms with van der Waals surface area (Å²) in [7, 11) is 0. The number of amides is 1. The number of nitrogens with one attached hydrogen (secondary N) is 2. The van der Waals surface area contributed by atoms with Gasteiger partial charge in [0.1, 0.15) is 5.75 Å². The van der Waals surface area contributed by atoms with Crippen LogP contribution in [0.25, 0.3) is 0 Å². The highest BCUT2D eigenvalue weighted by atomic mass is 16.5. The Balaban J connectivity index is 1.40. The van der Waals surface area contributed by atoms with Crippen LogP contribution in [-0.2, 0) is 11.3 Å². The number of ether oxygens (including phenoxy) is 1. The zero-order chi connectivity index (χ0) is 16.4. The van der Waals surface area contributed by atoms with Crippen LogP contribution in [0.4, 0.5) is 0 Å². The van der Waals surface area contributed by atoms with E-state index < -0.39 is 0 Å². The third-order valence-corrected chi connectivity index (χ3v) is 6.07. The molecule has 3 fully saturated rings. The van der Waals surface area contributed by atoms with Gasteiger partial charge < -0.3 is 15.4 Å². The van der Waals surface area contributed by atoms with Crippen molar-refractivity contribution in [2.24, 2.45) is 17.3 Å². The molecule has 130 valence electrons. The van der Waals surface area contributed by atoms with Gasteiger partial charge in [0, 0.05) is 18.7 Å². The van der Waals surface area contributed by atoms with Gasteiger partial charge in [0.2, 0.25) is 5.91 Å². The van der Waals surface area contributed by atoms with Crippen LogP contribution >= 0.6 is 0 Å². The molecule has 2 aliphatic carbocycles. The summed E-state index contributed by atoms with van der Waals surface area (Å²) in [6.07, 6.45) is 7.22. The van der Waals surface area contributed by atoms with Crippen LogP contribution in [0.3, 0.4) is 0 Å². The standard InChI is InChI=1S/C20H28N2O2/c23-19(20-10-4-3-6-17(20)12-21-14-20)22-11-16-5-1-2-7-18(16)24-13-15-8-9-15/h1-2,5,7,15,17,21H,3-4,6,8-14H2,(H,22,23)/t17-,20+/m0/s1. The van der Waals surface area contributed by atoms with Gasteiger partial charge in [-0.05, 0) is 50.1 Å². The Hall–Kier alpha value is -1.55. The van der Waals surface area contributed by atoms with E-state index in [1.54, 1.807) is 0 Å². The molecule has 4 nitrogen and oxygen atoms in total. The van der Waals surface area contributed by atoms with E-state index in [0.717, 1.165) is 43.3 Å². The summed E-state index contributed by atoms with van der Waals surface area (Å²) in [5.41, 5.74) is 0.906. The Morgan fingerprint density at radius 2 is 2.12 bits per heavy atom. The minimum atomic E-state index is -0.179. The van der Waals surface area contributed by atoms with Crippen molar-refractivity contribution in [3.05, 3.63) is 29.8 Å². The van der Waals surface area contributed by atoms with Crippen molar-refractivity contribution in [1.29, 1.82) is 0 Å². The number of carbonyl (C=O) groups excluding carboxylic acids is 1. The highest BCUT2D eigenvalue weighted by molar-refractivity contribution is 5.84. The first-order chi connectivity index (χ1) is 11.8. The van der Waals surface area contributed by atoms with Gasteiger partial charge in [-0.3, -0.25) is 4.79 Å². The van der Waals surface area contributed by atoms with E-state index in [4.69, 9.17) is 4.74 Å². The second-order valence-electron chi connectivity index (χ2n) is 7.77. The van der Waals surface area contributed by atoms with Gasteiger partial charge in [-0.2, -0.15) is 0 Å². The van der Waals surface area contributed by atoms with Gasteiger partial charge in [0.15, 0.2) is 0 Å². The van der Waals surface area contributed by atoms with E-state index >= 15 is 0 Å². The minimum absolute atomic E-state index is 0.179. The van der Waals surface area contributed by atoms with E-state index in [9.17, 15) is 4.79 Å². The van der Waals surface area contributed by atoms with E-state index in [-0.39, 0.29) is 11.3 Å². The molecule has 24 heavy (non-hydrogen) atoms. The predicted molar refractivity (Wildman–Crippen MR) is 93.8 cm³/mol. The zero-order valence-electron chi connectivity index (χ0n) is 14.4. The van der Waals surface area contributed by atoms with Crippen molar-refractivity contribution >= 4 is 5.91 Å². The molecule has 2 saturated carbocycles. The lowest BCUT2D eigenvalue weighted by molar-refractivity contribution is -0.134. The van der Waals surface area contributed by atoms with Crippen molar-refractivity contribution in [1.82, 2.24) is 10.6 Å². The second-order valence-corrected chi connectivity index (χ2v) is 7.77. The van der Waals surface area contributed by atoms with E-state index in [1.165, 1.54) is 32.1 Å². The number of para-hydroxylation sites is 1. The largest absolute Gasteiger partial charge is 0.493 e. The molecule has 4 heteroatoms. The van der Waals surface area contributed by atoms with Crippen molar-refractivity contribution < 1.29 is 9.53 Å². The summed E-state index contributed by atoms with van der Waals surface area (Å²) in [5.74, 6) is 2.40. The maximum absolute atomic E-state index is 13.0. The number of hydrogen-bond acceptors (Lipinski definition) is 3. The molecular formula is C20H28N2O2. The molecule has 2 N–H and O–H groups in total. The van der Waals surface area contributed by atoms with E-state index in [0.29, 0.717) is 12.5 Å². The maximum atomic E-state index is 13.0. The molecule has 1 aliphatic heterocycles. The molecule has 3 aliphatic rings. The summed E-state index contributed by atoms with van der Waals surface area (Å²) in [4.78, 5) is 13.0. The normalized spacial score (nSPS) is 29.1. The first-order valence-electron chi connectivity index (χ1n) is 9.48. The molecule has 4 rings (SSSR count). The van der Waals surface area contributed by atoms with Crippen LogP contribution in [-0.4, -0.2) is 25.6 Å². The first-order valence-corrected chi connectivity index (χ1v) is 9.48. The molecule has 1 amide bonds. The molecule has 0 bridgehead atoms. The maximum Gasteiger partial charge on any atom is 0.228 e. The Bertz CT molecular complexity index is 599. The summed E-state index contributed by atoms with van der Waals surface area (Å²) >= 11 is 0. The summed E-state index contributed by atoms with van der Waals surface area (Å²) in [5, 5.41) is 6.67. The molecule has 0 spiro atoms. The van der Waals surface area contributed by atoms with Crippen LogP contribution in [0.2, 0.25) is 0 Å². The second kappa shape index (κ2) is 6.75. The lowest BCUT2D eigenvalue weighted by Gasteiger charge is -2.37. The Labute approximate surface area is 144 Å². The summed E-state index contributed by atoms with van der Waals surface area (Å²) < 4.78 is 5.96. The van der Waals surface area contributed by atoms with Gasteiger partial charge >= 0.3 is 0 Å². The molecule has 2 atom stereocenters. The quantitative estimate of drug-likeness (QED) is 0.844. The summed E-state index contributed by atoms with van der Waals surface area (Å²) in [6, 6.07) is 8.10. The lowest BCUT2D eigenvalue weighted by atomic mass is 9.67. The fraction of sp³-hybridized carbons (Fsp3) is 0.650. The van der Waals surface area contributed by atoms with Crippen LogP contribution < -0.4 is 15.4 Å². The smallest absolute Gasteiger partial charge is 0.228 e. The highest BCUT2D eigenvalue weighted by Crippen LogP contribution is 2.44. The molecule has 1 heterocycles. The van der Waals surface area contributed by atoms with E-state index in [1.807, 2.05) is 18.2 Å².